The summed E-state index contributed by atoms with van der Waals surface area (Å²) >= 11 is 12.7. The Kier molecular flexibility index (Phi) is 5.22. The molecule has 4 aromatic rings. The number of nitrogens with one attached hydrogen (secondary N) is 1. The monoisotopic (exact) mass is 503 g/mol. The highest BCUT2D eigenvalue weighted by molar-refractivity contribution is 6.37. The van der Waals surface area contributed by atoms with Crippen LogP contribution in [0.3, 0.4) is 0 Å². The number of hydrogen-bond donors (Lipinski definition) is 1. The molecule has 0 unspecified atom stereocenters. The number of aromatic nitrogens is 3. The van der Waals surface area contributed by atoms with Crippen molar-refractivity contribution in [3.05, 3.63) is 92.5 Å². The zero-order chi connectivity index (χ0) is 24.3. The van der Waals surface area contributed by atoms with Gasteiger partial charge in [0.1, 0.15) is 0 Å². The lowest BCUT2D eigenvalue weighted by atomic mass is 9.87. The SMILES string of the molecule is C=Cc1cn(-c2c(Cl)cccc2Cl)c(=O)c2cnc(Nc3ccc4c(c3)CN(C)CC43CC3)nc12. The van der Waals surface area contributed by atoms with Gasteiger partial charge in [0.25, 0.3) is 5.56 Å². The Morgan fingerprint density at radius 1 is 1.17 bits per heavy atom. The summed E-state index contributed by atoms with van der Waals surface area (Å²) in [5.74, 6) is 0.416. The van der Waals surface area contributed by atoms with Gasteiger partial charge in [0, 0.05) is 42.1 Å². The molecule has 2 aromatic carbocycles. The normalized spacial score (nSPS) is 16.3. The molecule has 1 aliphatic carbocycles. The number of hydrogen-bond acceptors (Lipinski definition) is 5. The number of anilines is 2. The second kappa shape index (κ2) is 8.19. The van der Waals surface area contributed by atoms with Crippen molar-refractivity contribution in [2.45, 2.75) is 24.8 Å². The lowest BCUT2D eigenvalue weighted by Gasteiger charge is -2.32. The molecule has 0 bridgehead atoms. The van der Waals surface area contributed by atoms with Crippen molar-refractivity contribution in [1.29, 1.82) is 0 Å². The zero-order valence-electron chi connectivity index (χ0n) is 19.2. The molecule has 1 spiro atoms. The van der Waals surface area contributed by atoms with Gasteiger partial charge in [0.2, 0.25) is 5.95 Å². The van der Waals surface area contributed by atoms with Gasteiger partial charge in [-0.1, -0.05) is 48.0 Å². The van der Waals surface area contributed by atoms with Crippen LogP contribution < -0.4 is 10.9 Å². The molecule has 1 saturated carbocycles. The average molecular weight is 504 g/mol. The van der Waals surface area contributed by atoms with Gasteiger partial charge >= 0.3 is 0 Å². The van der Waals surface area contributed by atoms with Gasteiger partial charge in [0.15, 0.2) is 0 Å². The molecule has 2 aliphatic rings. The van der Waals surface area contributed by atoms with Crippen LogP contribution in [0.4, 0.5) is 11.6 Å². The molecule has 35 heavy (non-hydrogen) atoms. The molecule has 0 radical (unpaired) electrons. The van der Waals surface area contributed by atoms with E-state index in [1.54, 1.807) is 30.5 Å². The number of benzene rings is 2. The maximum Gasteiger partial charge on any atom is 0.266 e. The first-order valence-electron chi connectivity index (χ1n) is 11.5. The highest BCUT2D eigenvalue weighted by Gasteiger charge is 2.48. The Bertz CT molecular complexity index is 1550. The predicted molar refractivity (Wildman–Crippen MR) is 142 cm³/mol. The Balaban J connectivity index is 1.40. The van der Waals surface area contributed by atoms with E-state index in [2.05, 4.69) is 52.0 Å². The van der Waals surface area contributed by atoms with Gasteiger partial charge in [-0.3, -0.25) is 9.36 Å². The number of halogens is 2. The van der Waals surface area contributed by atoms with Gasteiger partial charge in [-0.2, -0.15) is 0 Å². The lowest BCUT2D eigenvalue weighted by molar-refractivity contribution is 0.271. The van der Waals surface area contributed by atoms with E-state index in [-0.39, 0.29) is 5.56 Å². The molecule has 1 N–H and O–H groups in total. The van der Waals surface area contributed by atoms with Gasteiger partial charge in [0.05, 0.1) is 26.6 Å². The average Bonchev–Trinajstić information content (AvgIpc) is 3.59. The highest BCUT2D eigenvalue weighted by Crippen LogP contribution is 2.52. The second-order valence-corrected chi connectivity index (χ2v) is 10.3. The summed E-state index contributed by atoms with van der Waals surface area (Å²) < 4.78 is 1.42. The highest BCUT2D eigenvalue weighted by atomic mass is 35.5. The number of likely N-dealkylation sites (N-methyl/N-ethyl adjacent to an activating group) is 1. The fourth-order valence-electron chi connectivity index (χ4n) is 5.22. The standard InChI is InChI=1S/C27H23Cl2N5O/c1-3-16-14-34(24-21(28)5-4-6-22(24)29)25(35)19-12-30-26(32-23(16)19)31-18-7-8-20-17(11-18)13-33(2)15-27(20)9-10-27/h3-8,11-12,14H,1,9-10,13,15H2,2H3,(H,30,31,32). The van der Waals surface area contributed by atoms with E-state index in [1.165, 1.54) is 34.7 Å². The molecule has 0 amide bonds. The zero-order valence-corrected chi connectivity index (χ0v) is 20.7. The van der Waals surface area contributed by atoms with Crippen LogP contribution in [0.25, 0.3) is 22.7 Å². The summed E-state index contributed by atoms with van der Waals surface area (Å²) in [6.45, 7) is 5.97. The quantitative estimate of drug-likeness (QED) is 0.372. The molecule has 8 heteroatoms. The minimum Gasteiger partial charge on any atom is -0.324 e. The molecule has 0 atom stereocenters. The van der Waals surface area contributed by atoms with Gasteiger partial charge in [-0.15, -0.1) is 0 Å². The van der Waals surface area contributed by atoms with Crippen LogP contribution in [-0.4, -0.2) is 33.0 Å². The van der Waals surface area contributed by atoms with Crippen LogP contribution in [0.2, 0.25) is 10.0 Å². The molecular weight excluding hydrogens is 481 g/mol. The molecule has 6 rings (SSSR count). The lowest BCUT2D eigenvalue weighted by Crippen LogP contribution is -2.35. The van der Waals surface area contributed by atoms with E-state index in [0.29, 0.717) is 43.6 Å². The van der Waals surface area contributed by atoms with Crippen molar-refractivity contribution in [1.82, 2.24) is 19.4 Å². The van der Waals surface area contributed by atoms with Crippen LogP contribution in [0.5, 0.6) is 0 Å². The van der Waals surface area contributed by atoms with Crippen molar-refractivity contribution in [2.75, 3.05) is 18.9 Å². The van der Waals surface area contributed by atoms with E-state index in [1.807, 2.05) is 0 Å². The van der Waals surface area contributed by atoms with Crippen molar-refractivity contribution < 1.29 is 0 Å². The van der Waals surface area contributed by atoms with E-state index in [4.69, 9.17) is 23.2 Å². The molecule has 0 saturated heterocycles. The summed E-state index contributed by atoms with van der Waals surface area (Å²) in [7, 11) is 2.18. The summed E-state index contributed by atoms with van der Waals surface area (Å²) in [5.41, 5.74) is 5.36. The van der Waals surface area contributed by atoms with E-state index in [9.17, 15) is 4.79 Å². The van der Waals surface area contributed by atoms with Crippen LogP contribution in [-0.2, 0) is 12.0 Å². The molecule has 6 nitrogen and oxygen atoms in total. The Morgan fingerprint density at radius 3 is 2.66 bits per heavy atom. The van der Waals surface area contributed by atoms with Gasteiger partial charge < -0.3 is 10.2 Å². The topological polar surface area (TPSA) is 63.1 Å². The summed E-state index contributed by atoms with van der Waals surface area (Å²) in [6.07, 6.45) is 7.36. The van der Waals surface area contributed by atoms with Crippen LogP contribution >= 0.6 is 23.2 Å². The maximum atomic E-state index is 13.3. The third kappa shape index (κ3) is 3.73. The maximum absolute atomic E-state index is 13.3. The molecule has 2 aromatic heterocycles. The Labute approximate surface area is 212 Å². The first kappa shape index (κ1) is 22.3. The molecule has 1 aliphatic heterocycles. The van der Waals surface area contributed by atoms with E-state index >= 15 is 0 Å². The van der Waals surface area contributed by atoms with Gasteiger partial charge in [-0.05, 0) is 55.3 Å². The van der Waals surface area contributed by atoms with E-state index in [0.717, 1.165) is 18.8 Å². The van der Waals surface area contributed by atoms with Crippen molar-refractivity contribution in [2.24, 2.45) is 0 Å². The third-order valence-corrected chi connectivity index (χ3v) is 7.59. The predicted octanol–water partition coefficient (Wildman–Crippen LogP) is 5.95. The smallest absolute Gasteiger partial charge is 0.266 e. The molecular formula is C27H23Cl2N5O. The first-order valence-corrected chi connectivity index (χ1v) is 12.2. The first-order chi connectivity index (χ1) is 16.9. The van der Waals surface area contributed by atoms with Crippen LogP contribution in [0.15, 0.2) is 60.2 Å². The van der Waals surface area contributed by atoms with Crippen molar-refractivity contribution in [3.63, 3.8) is 0 Å². The van der Waals surface area contributed by atoms with Crippen molar-refractivity contribution in [3.8, 4) is 5.69 Å². The minimum atomic E-state index is -0.307. The van der Waals surface area contributed by atoms with Crippen LogP contribution in [0.1, 0.15) is 29.5 Å². The fourth-order valence-corrected chi connectivity index (χ4v) is 5.80. The minimum absolute atomic E-state index is 0.307. The Hall–Kier alpha value is -3.19. The van der Waals surface area contributed by atoms with Gasteiger partial charge in [-0.25, -0.2) is 9.97 Å². The van der Waals surface area contributed by atoms with E-state index < -0.39 is 0 Å². The summed E-state index contributed by atoms with van der Waals surface area (Å²) in [4.78, 5) is 24.8. The largest absolute Gasteiger partial charge is 0.324 e. The number of pyridine rings is 1. The Morgan fingerprint density at radius 2 is 1.94 bits per heavy atom. The third-order valence-electron chi connectivity index (χ3n) is 6.98. The fraction of sp³-hybridized carbons (Fsp3) is 0.222. The van der Waals surface area contributed by atoms with Crippen molar-refractivity contribution >= 4 is 51.8 Å². The summed E-state index contributed by atoms with van der Waals surface area (Å²) in [5, 5.41) is 4.42. The second-order valence-electron chi connectivity index (χ2n) is 9.44. The number of fused-ring (bicyclic) bond motifs is 3. The van der Waals surface area contributed by atoms with Crippen LogP contribution in [0, 0.1) is 0 Å². The molecule has 176 valence electrons. The number of para-hydroxylation sites is 1. The molecule has 1 fully saturated rings. The molecule has 3 heterocycles. The number of rotatable bonds is 4. The summed E-state index contributed by atoms with van der Waals surface area (Å²) in [6, 6.07) is 11.6. The number of nitrogens with zero attached hydrogens (tertiary/aromatic N) is 4.